The van der Waals surface area contributed by atoms with Crippen LogP contribution < -0.4 is 14.8 Å². The molecule has 0 aliphatic carbocycles. The fourth-order valence-corrected chi connectivity index (χ4v) is 4.01. The molecule has 0 bridgehead atoms. The molecule has 1 atom stereocenters. The average Bonchev–Trinajstić information content (AvgIpc) is 2.79. The van der Waals surface area contributed by atoms with Crippen LogP contribution >= 0.6 is 11.8 Å². The number of nitrogens with zero attached hydrogens (tertiary/aromatic N) is 1. The van der Waals surface area contributed by atoms with Gasteiger partial charge in [-0.1, -0.05) is 18.2 Å². The van der Waals surface area contributed by atoms with Gasteiger partial charge in [-0.25, -0.2) is 0 Å². The SMILES string of the molecule is COc1ccc(CSCC(=O)Nc2ccccc2OCC2CCCCO2)cc1[N+](=O)[O-]. The quantitative estimate of drug-likeness (QED) is 0.426. The minimum Gasteiger partial charge on any atom is -0.490 e. The van der Waals surface area contributed by atoms with Crippen LogP contribution in [0.3, 0.4) is 0 Å². The summed E-state index contributed by atoms with van der Waals surface area (Å²) in [6.07, 6.45) is 3.29. The molecule has 9 heteroatoms. The van der Waals surface area contributed by atoms with Crippen LogP contribution in [0.25, 0.3) is 0 Å². The van der Waals surface area contributed by atoms with Crippen LogP contribution in [-0.2, 0) is 15.3 Å². The summed E-state index contributed by atoms with van der Waals surface area (Å²) in [5.41, 5.74) is 1.28. The van der Waals surface area contributed by atoms with Crippen molar-refractivity contribution < 1.29 is 23.9 Å². The second kappa shape index (κ2) is 11.6. The number of hydrogen-bond acceptors (Lipinski definition) is 7. The first-order chi connectivity index (χ1) is 15.1. The molecule has 0 saturated carbocycles. The first-order valence-electron chi connectivity index (χ1n) is 10.1. The number of carbonyl (C=O) groups is 1. The first kappa shape index (κ1) is 22.9. The number of para-hydroxylation sites is 2. The van der Waals surface area contributed by atoms with Crippen LogP contribution in [0.5, 0.6) is 11.5 Å². The standard InChI is InChI=1S/C22H26N2O6S/c1-28-21-10-9-16(12-19(21)24(26)27)14-31-15-22(25)23-18-7-2-3-8-20(18)30-13-17-6-4-5-11-29-17/h2-3,7-10,12,17H,4-6,11,13-15H2,1H3,(H,23,25). The van der Waals surface area contributed by atoms with Crippen LogP contribution in [-0.4, -0.2) is 43.0 Å². The third kappa shape index (κ3) is 6.86. The summed E-state index contributed by atoms with van der Waals surface area (Å²) in [7, 11) is 1.39. The first-order valence-corrected chi connectivity index (χ1v) is 11.2. The fourth-order valence-electron chi connectivity index (χ4n) is 3.23. The van der Waals surface area contributed by atoms with Gasteiger partial charge >= 0.3 is 5.69 Å². The van der Waals surface area contributed by atoms with E-state index in [1.807, 2.05) is 18.2 Å². The largest absolute Gasteiger partial charge is 0.490 e. The van der Waals surface area contributed by atoms with Crippen molar-refractivity contribution in [1.82, 2.24) is 0 Å². The van der Waals surface area contributed by atoms with Crippen LogP contribution in [0.15, 0.2) is 42.5 Å². The Balaban J connectivity index is 1.50. The lowest BCUT2D eigenvalue weighted by Gasteiger charge is -2.23. The van der Waals surface area contributed by atoms with Crippen molar-refractivity contribution >= 4 is 29.0 Å². The number of amides is 1. The number of thioether (sulfide) groups is 1. The van der Waals surface area contributed by atoms with Crippen LogP contribution in [0.2, 0.25) is 0 Å². The molecule has 0 spiro atoms. The Kier molecular flexibility index (Phi) is 8.54. The van der Waals surface area contributed by atoms with Crippen molar-refractivity contribution in [3.05, 3.63) is 58.1 Å². The van der Waals surface area contributed by atoms with Crippen molar-refractivity contribution in [2.45, 2.75) is 31.1 Å². The van der Waals surface area contributed by atoms with E-state index in [1.54, 1.807) is 18.2 Å². The Hall–Kier alpha value is -2.78. The number of nitro groups is 1. The number of methoxy groups -OCH3 is 1. The normalized spacial score (nSPS) is 15.8. The third-order valence-electron chi connectivity index (χ3n) is 4.80. The van der Waals surface area contributed by atoms with Gasteiger partial charge in [-0.2, -0.15) is 0 Å². The molecular formula is C22H26N2O6S. The van der Waals surface area contributed by atoms with E-state index < -0.39 is 4.92 Å². The van der Waals surface area contributed by atoms with E-state index in [2.05, 4.69) is 5.32 Å². The van der Waals surface area contributed by atoms with E-state index in [4.69, 9.17) is 14.2 Å². The predicted octanol–water partition coefficient (Wildman–Crippen LogP) is 4.42. The maximum Gasteiger partial charge on any atom is 0.311 e. The highest BCUT2D eigenvalue weighted by atomic mass is 32.2. The minimum atomic E-state index is -0.477. The molecular weight excluding hydrogens is 420 g/mol. The van der Waals surface area contributed by atoms with E-state index in [-0.39, 0.29) is 29.2 Å². The number of nitrogens with one attached hydrogen (secondary N) is 1. The second-order valence-electron chi connectivity index (χ2n) is 7.10. The summed E-state index contributed by atoms with van der Waals surface area (Å²) >= 11 is 1.37. The van der Waals surface area contributed by atoms with Gasteiger partial charge in [-0.05, 0) is 43.0 Å². The number of hydrogen-bond donors (Lipinski definition) is 1. The average molecular weight is 447 g/mol. The van der Waals surface area contributed by atoms with Crippen molar-refractivity contribution in [2.75, 3.05) is 31.4 Å². The predicted molar refractivity (Wildman–Crippen MR) is 120 cm³/mol. The zero-order chi connectivity index (χ0) is 22.1. The van der Waals surface area contributed by atoms with Gasteiger partial charge in [0.2, 0.25) is 5.91 Å². The maximum absolute atomic E-state index is 12.4. The molecule has 166 valence electrons. The summed E-state index contributed by atoms with van der Waals surface area (Å²) < 4.78 is 16.6. The van der Waals surface area contributed by atoms with Crippen molar-refractivity contribution in [3.8, 4) is 11.5 Å². The highest BCUT2D eigenvalue weighted by molar-refractivity contribution is 7.99. The highest BCUT2D eigenvalue weighted by Crippen LogP contribution is 2.29. The van der Waals surface area contributed by atoms with Crippen LogP contribution in [0.1, 0.15) is 24.8 Å². The van der Waals surface area contributed by atoms with Gasteiger partial charge in [0.1, 0.15) is 12.4 Å². The molecule has 1 aliphatic heterocycles. The fraction of sp³-hybridized carbons (Fsp3) is 0.409. The summed E-state index contributed by atoms with van der Waals surface area (Å²) in [5, 5.41) is 14.0. The Bertz CT molecular complexity index is 901. The molecule has 1 aliphatic rings. The molecule has 2 aromatic rings. The number of rotatable bonds is 10. The van der Waals surface area contributed by atoms with Crippen molar-refractivity contribution in [1.29, 1.82) is 0 Å². The number of anilines is 1. The Morgan fingerprint density at radius 1 is 1.26 bits per heavy atom. The summed E-state index contributed by atoms with van der Waals surface area (Å²) in [4.78, 5) is 23.1. The van der Waals surface area contributed by atoms with Gasteiger partial charge in [0.05, 0.1) is 29.6 Å². The van der Waals surface area contributed by atoms with Gasteiger partial charge < -0.3 is 19.5 Å². The molecule has 3 rings (SSSR count). The maximum atomic E-state index is 12.4. The van der Waals surface area contributed by atoms with Gasteiger partial charge in [0.25, 0.3) is 0 Å². The Morgan fingerprint density at radius 2 is 2.10 bits per heavy atom. The zero-order valence-corrected chi connectivity index (χ0v) is 18.2. The molecule has 1 unspecified atom stereocenters. The molecule has 1 heterocycles. The number of ether oxygens (including phenoxy) is 3. The monoisotopic (exact) mass is 446 g/mol. The summed E-state index contributed by atoms with van der Waals surface area (Å²) in [6.45, 7) is 1.22. The molecule has 1 amide bonds. The van der Waals surface area contributed by atoms with E-state index in [0.29, 0.717) is 23.8 Å². The topological polar surface area (TPSA) is 99.9 Å². The van der Waals surface area contributed by atoms with Gasteiger partial charge in [-0.15, -0.1) is 11.8 Å². The van der Waals surface area contributed by atoms with E-state index in [9.17, 15) is 14.9 Å². The third-order valence-corrected chi connectivity index (χ3v) is 5.81. The van der Waals surface area contributed by atoms with E-state index >= 15 is 0 Å². The molecule has 31 heavy (non-hydrogen) atoms. The number of nitro benzene ring substituents is 1. The molecule has 0 aromatic heterocycles. The summed E-state index contributed by atoms with van der Waals surface area (Å²) in [6, 6.07) is 12.1. The molecule has 2 aromatic carbocycles. The smallest absolute Gasteiger partial charge is 0.311 e. The second-order valence-corrected chi connectivity index (χ2v) is 8.09. The number of carbonyl (C=O) groups excluding carboxylic acids is 1. The van der Waals surface area contributed by atoms with Crippen LogP contribution in [0.4, 0.5) is 11.4 Å². The van der Waals surface area contributed by atoms with Crippen molar-refractivity contribution in [3.63, 3.8) is 0 Å². The number of benzene rings is 2. The van der Waals surface area contributed by atoms with Crippen molar-refractivity contribution in [2.24, 2.45) is 0 Å². The van der Waals surface area contributed by atoms with E-state index in [1.165, 1.54) is 24.9 Å². The van der Waals surface area contributed by atoms with Gasteiger partial charge in [0.15, 0.2) is 5.75 Å². The lowest BCUT2D eigenvalue weighted by atomic mass is 10.1. The van der Waals surface area contributed by atoms with Gasteiger partial charge in [-0.3, -0.25) is 14.9 Å². The lowest BCUT2D eigenvalue weighted by Crippen LogP contribution is -2.26. The Labute approximate surface area is 185 Å². The molecule has 1 fully saturated rings. The van der Waals surface area contributed by atoms with Gasteiger partial charge in [0, 0.05) is 18.4 Å². The molecule has 1 N–H and O–H groups in total. The molecule has 8 nitrogen and oxygen atoms in total. The van der Waals surface area contributed by atoms with Crippen LogP contribution in [0, 0.1) is 10.1 Å². The van der Waals surface area contributed by atoms with E-state index in [0.717, 1.165) is 31.4 Å². The molecule has 0 radical (unpaired) electrons. The minimum absolute atomic E-state index is 0.0848. The summed E-state index contributed by atoms with van der Waals surface area (Å²) in [5.74, 6) is 1.33. The Morgan fingerprint density at radius 3 is 2.84 bits per heavy atom. The zero-order valence-electron chi connectivity index (χ0n) is 17.4. The highest BCUT2D eigenvalue weighted by Gasteiger charge is 2.17. The lowest BCUT2D eigenvalue weighted by molar-refractivity contribution is -0.385. The molecule has 1 saturated heterocycles.